The van der Waals surface area contributed by atoms with Gasteiger partial charge < -0.3 is 15.4 Å². The molecule has 2 atom stereocenters. The van der Waals surface area contributed by atoms with Crippen molar-refractivity contribution in [2.75, 3.05) is 13.7 Å². The maximum Gasteiger partial charge on any atom is 0.305 e. The lowest BCUT2D eigenvalue weighted by atomic mass is 10.0. The van der Waals surface area contributed by atoms with Crippen molar-refractivity contribution >= 4 is 11.9 Å². The number of carbonyl (C=O) groups is 2. The second-order valence-electron chi connectivity index (χ2n) is 8.29. The second-order valence-corrected chi connectivity index (χ2v) is 8.29. The fourth-order valence-corrected chi connectivity index (χ4v) is 3.82. The van der Waals surface area contributed by atoms with Gasteiger partial charge in [-0.05, 0) is 51.5 Å². The van der Waals surface area contributed by atoms with E-state index < -0.39 is 0 Å². The molecule has 0 aromatic heterocycles. The molecule has 0 aromatic rings. The Morgan fingerprint density at radius 1 is 1.07 bits per heavy atom. The molecule has 5 nitrogen and oxygen atoms in total. The molecule has 1 unspecified atom stereocenters. The van der Waals surface area contributed by atoms with Gasteiger partial charge in [0.15, 0.2) is 0 Å². The number of unbranched alkanes of at least 4 members (excludes halogenated alkanes) is 8. The monoisotopic (exact) mass is 408 g/mol. The van der Waals surface area contributed by atoms with Crippen molar-refractivity contribution < 1.29 is 14.3 Å². The fraction of sp³-hybridized carbons (Fsp3) is 0.833. The number of nitrogens with one attached hydrogen (secondary N) is 2. The van der Waals surface area contributed by atoms with Crippen LogP contribution < -0.4 is 10.6 Å². The SMILES string of the molecule is CCCCCCC(C/C=C\CCCCCCCC(=O)OC)NC(=O)[C@@H]1CCCN1. The van der Waals surface area contributed by atoms with Gasteiger partial charge in [-0.3, -0.25) is 9.59 Å². The molecular weight excluding hydrogens is 364 g/mol. The van der Waals surface area contributed by atoms with Gasteiger partial charge in [0.05, 0.1) is 13.2 Å². The predicted octanol–water partition coefficient (Wildman–Crippen LogP) is 5.04. The first-order valence-corrected chi connectivity index (χ1v) is 11.9. The lowest BCUT2D eigenvalue weighted by molar-refractivity contribution is -0.140. The summed E-state index contributed by atoms with van der Waals surface area (Å²) in [5, 5.41) is 6.58. The maximum absolute atomic E-state index is 12.4. The minimum absolute atomic E-state index is 0.0105. The van der Waals surface area contributed by atoms with Crippen molar-refractivity contribution in [3.05, 3.63) is 12.2 Å². The van der Waals surface area contributed by atoms with Gasteiger partial charge >= 0.3 is 5.97 Å². The summed E-state index contributed by atoms with van der Waals surface area (Å²) in [5.41, 5.74) is 0. The highest BCUT2D eigenvalue weighted by Gasteiger charge is 2.23. The van der Waals surface area contributed by atoms with Crippen LogP contribution in [0, 0.1) is 0 Å². The first-order chi connectivity index (χ1) is 14.2. The molecule has 2 N–H and O–H groups in total. The van der Waals surface area contributed by atoms with Crippen LogP contribution in [0.3, 0.4) is 0 Å². The number of methoxy groups -OCH3 is 1. The average Bonchev–Trinajstić information content (AvgIpc) is 3.27. The van der Waals surface area contributed by atoms with Crippen LogP contribution >= 0.6 is 0 Å². The molecule has 0 bridgehead atoms. The van der Waals surface area contributed by atoms with E-state index in [1.54, 1.807) is 0 Å². The third kappa shape index (κ3) is 13.5. The molecule has 1 aliphatic heterocycles. The van der Waals surface area contributed by atoms with E-state index in [0.717, 1.165) is 51.5 Å². The maximum atomic E-state index is 12.4. The molecule has 5 heteroatoms. The number of hydrogen-bond donors (Lipinski definition) is 2. The van der Waals surface area contributed by atoms with Gasteiger partial charge in [-0.2, -0.15) is 0 Å². The summed E-state index contributed by atoms with van der Waals surface area (Å²) in [4.78, 5) is 23.5. The van der Waals surface area contributed by atoms with E-state index in [9.17, 15) is 9.59 Å². The summed E-state index contributed by atoms with van der Waals surface area (Å²) in [6.45, 7) is 3.19. The number of rotatable bonds is 17. The van der Waals surface area contributed by atoms with Crippen LogP contribution in [0.4, 0.5) is 0 Å². The van der Waals surface area contributed by atoms with E-state index in [0.29, 0.717) is 6.42 Å². The van der Waals surface area contributed by atoms with Gasteiger partial charge in [-0.15, -0.1) is 0 Å². The molecule has 1 heterocycles. The highest BCUT2D eigenvalue weighted by Crippen LogP contribution is 2.12. The molecule has 0 aromatic carbocycles. The molecule has 0 saturated carbocycles. The van der Waals surface area contributed by atoms with Gasteiger partial charge in [0.25, 0.3) is 0 Å². The Balaban J connectivity index is 2.18. The zero-order valence-corrected chi connectivity index (χ0v) is 18.8. The predicted molar refractivity (Wildman–Crippen MR) is 120 cm³/mol. The number of esters is 1. The Hall–Kier alpha value is -1.36. The van der Waals surface area contributed by atoms with Crippen molar-refractivity contribution in [2.45, 2.75) is 115 Å². The molecular formula is C24H44N2O3. The second kappa shape index (κ2) is 17.5. The zero-order chi connectivity index (χ0) is 21.2. The number of carbonyl (C=O) groups excluding carboxylic acids is 2. The van der Waals surface area contributed by atoms with Crippen LogP contribution in [-0.2, 0) is 14.3 Å². The van der Waals surface area contributed by atoms with Crippen LogP contribution in [0.2, 0.25) is 0 Å². The van der Waals surface area contributed by atoms with E-state index >= 15 is 0 Å². The van der Waals surface area contributed by atoms with Crippen molar-refractivity contribution in [3.63, 3.8) is 0 Å². The molecule has 0 radical (unpaired) electrons. The molecule has 1 saturated heterocycles. The number of allylic oxidation sites excluding steroid dienone is 1. The average molecular weight is 409 g/mol. The normalized spacial score (nSPS) is 17.5. The smallest absolute Gasteiger partial charge is 0.305 e. The molecule has 1 fully saturated rings. The Morgan fingerprint density at radius 3 is 2.55 bits per heavy atom. The number of amides is 1. The van der Waals surface area contributed by atoms with E-state index in [2.05, 4.69) is 34.4 Å². The zero-order valence-electron chi connectivity index (χ0n) is 18.8. The van der Waals surface area contributed by atoms with Crippen LogP contribution in [0.15, 0.2) is 12.2 Å². The van der Waals surface area contributed by atoms with Crippen LogP contribution in [-0.4, -0.2) is 37.6 Å². The molecule has 1 rings (SSSR count). The minimum Gasteiger partial charge on any atom is -0.469 e. The van der Waals surface area contributed by atoms with Crippen LogP contribution in [0.5, 0.6) is 0 Å². The highest BCUT2D eigenvalue weighted by atomic mass is 16.5. The molecule has 0 spiro atoms. The quantitative estimate of drug-likeness (QED) is 0.201. The van der Waals surface area contributed by atoms with Crippen molar-refractivity contribution in [1.29, 1.82) is 0 Å². The summed E-state index contributed by atoms with van der Waals surface area (Å²) in [5.74, 6) is 0.0799. The van der Waals surface area contributed by atoms with Crippen molar-refractivity contribution in [2.24, 2.45) is 0 Å². The van der Waals surface area contributed by atoms with Gasteiger partial charge in [0.2, 0.25) is 5.91 Å². The third-order valence-electron chi connectivity index (χ3n) is 5.70. The minimum atomic E-state index is -0.104. The largest absolute Gasteiger partial charge is 0.469 e. The summed E-state index contributed by atoms with van der Waals surface area (Å²) in [7, 11) is 1.45. The third-order valence-corrected chi connectivity index (χ3v) is 5.70. The number of ether oxygens (including phenoxy) is 1. The lowest BCUT2D eigenvalue weighted by Gasteiger charge is -2.20. The molecule has 1 amide bonds. The van der Waals surface area contributed by atoms with Crippen molar-refractivity contribution in [1.82, 2.24) is 10.6 Å². The molecule has 168 valence electrons. The van der Waals surface area contributed by atoms with Gasteiger partial charge in [0.1, 0.15) is 0 Å². The Morgan fingerprint density at radius 2 is 1.83 bits per heavy atom. The molecule has 29 heavy (non-hydrogen) atoms. The van der Waals surface area contributed by atoms with E-state index in [1.807, 2.05) is 0 Å². The summed E-state index contributed by atoms with van der Waals surface area (Å²) >= 11 is 0. The fourth-order valence-electron chi connectivity index (χ4n) is 3.82. The first kappa shape index (κ1) is 25.7. The number of hydrogen-bond acceptors (Lipinski definition) is 4. The Bertz CT molecular complexity index is 459. The van der Waals surface area contributed by atoms with Gasteiger partial charge in [-0.1, -0.05) is 64.0 Å². The van der Waals surface area contributed by atoms with E-state index in [1.165, 1.54) is 52.1 Å². The van der Waals surface area contributed by atoms with Crippen LogP contribution in [0.25, 0.3) is 0 Å². The standard InChI is InChI=1S/C24H44N2O3/c1-3-4-5-12-16-21(26-24(28)22-18-15-20-25-22)17-13-10-8-6-7-9-11-14-19-23(27)29-2/h10,13,21-22,25H,3-9,11-12,14-20H2,1-2H3,(H,26,28)/b13-10-/t21?,22-/m0/s1. The van der Waals surface area contributed by atoms with E-state index in [4.69, 9.17) is 0 Å². The van der Waals surface area contributed by atoms with E-state index in [-0.39, 0.29) is 24.0 Å². The lowest BCUT2D eigenvalue weighted by Crippen LogP contribution is -2.45. The first-order valence-electron chi connectivity index (χ1n) is 11.9. The molecule has 0 aliphatic carbocycles. The summed E-state index contributed by atoms with van der Waals surface area (Å²) < 4.78 is 4.65. The Labute approximate surface area is 178 Å². The topological polar surface area (TPSA) is 67.4 Å². The summed E-state index contributed by atoms with van der Waals surface area (Å²) in [6.07, 6.45) is 20.8. The highest BCUT2D eigenvalue weighted by molar-refractivity contribution is 5.82. The van der Waals surface area contributed by atoms with Gasteiger partial charge in [-0.25, -0.2) is 0 Å². The van der Waals surface area contributed by atoms with Gasteiger partial charge in [0, 0.05) is 12.5 Å². The van der Waals surface area contributed by atoms with Crippen LogP contribution in [0.1, 0.15) is 103 Å². The Kier molecular flexibility index (Phi) is 15.5. The summed E-state index contributed by atoms with van der Waals surface area (Å²) in [6, 6.07) is 0.271. The molecule has 1 aliphatic rings. The van der Waals surface area contributed by atoms with Crippen molar-refractivity contribution in [3.8, 4) is 0 Å².